The molecule has 0 aromatic carbocycles. The molecule has 2 aromatic rings. The number of hydrogen-bond donors (Lipinski definition) is 1. The van der Waals surface area contributed by atoms with Gasteiger partial charge in [0, 0.05) is 6.20 Å². The average molecular weight is 194 g/mol. The molecule has 0 aliphatic heterocycles. The van der Waals surface area contributed by atoms with Gasteiger partial charge in [-0.1, -0.05) is 0 Å². The largest absolute Gasteiger partial charge is 0.477 e. The molecule has 14 heavy (non-hydrogen) atoms. The van der Waals surface area contributed by atoms with E-state index in [0.29, 0.717) is 11.2 Å². The van der Waals surface area contributed by atoms with E-state index in [1.165, 1.54) is 16.7 Å². The molecule has 0 bridgehead atoms. The van der Waals surface area contributed by atoms with Crippen molar-refractivity contribution in [1.29, 1.82) is 0 Å². The van der Waals surface area contributed by atoms with Crippen LogP contribution in [0.15, 0.2) is 18.5 Å². The molecule has 0 aliphatic carbocycles. The fourth-order valence-electron chi connectivity index (χ4n) is 1.37. The zero-order chi connectivity index (χ0) is 10.3. The maximum Gasteiger partial charge on any atom is 0.354 e. The van der Waals surface area contributed by atoms with Gasteiger partial charge in [0.1, 0.15) is 11.5 Å². The molecule has 0 amide bonds. The Kier molecular flexibility index (Phi) is 1.73. The van der Waals surface area contributed by atoms with Gasteiger partial charge in [-0.25, -0.2) is 14.2 Å². The number of imidazole rings is 1. The molecule has 0 spiro atoms. The van der Waals surface area contributed by atoms with Crippen molar-refractivity contribution in [3.05, 3.63) is 35.5 Å². The smallest absolute Gasteiger partial charge is 0.354 e. The summed E-state index contributed by atoms with van der Waals surface area (Å²) in [6.07, 6.45) is 2.32. The Labute approximate surface area is 78.6 Å². The molecule has 2 heterocycles. The quantitative estimate of drug-likeness (QED) is 0.748. The molecular weight excluding hydrogens is 187 g/mol. The second-order valence-corrected chi connectivity index (χ2v) is 2.98. The Balaban J connectivity index is 2.85. The molecular formula is C9H7FN2O2. The van der Waals surface area contributed by atoms with Crippen molar-refractivity contribution < 1.29 is 14.3 Å². The summed E-state index contributed by atoms with van der Waals surface area (Å²) in [5.74, 6) is -1.60. The number of aromatic carboxylic acids is 1. The van der Waals surface area contributed by atoms with Crippen LogP contribution in [0.25, 0.3) is 5.65 Å². The molecule has 2 aromatic heterocycles. The fraction of sp³-hybridized carbons (Fsp3) is 0.111. The van der Waals surface area contributed by atoms with Crippen molar-refractivity contribution in [3.8, 4) is 0 Å². The van der Waals surface area contributed by atoms with Crippen molar-refractivity contribution in [2.75, 3.05) is 0 Å². The number of rotatable bonds is 1. The summed E-state index contributed by atoms with van der Waals surface area (Å²) in [5, 5.41) is 8.77. The summed E-state index contributed by atoms with van der Waals surface area (Å²) in [7, 11) is 0. The molecule has 0 saturated heterocycles. The van der Waals surface area contributed by atoms with Gasteiger partial charge in [-0.15, -0.1) is 0 Å². The topological polar surface area (TPSA) is 54.6 Å². The van der Waals surface area contributed by atoms with Crippen LogP contribution >= 0.6 is 0 Å². The first-order valence-electron chi connectivity index (χ1n) is 3.96. The van der Waals surface area contributed by atoms with Gasteiger partial charge in [-0.05, 0) is 18.6 Å². The predicted octanol–water partition coefficient (Wildman–Crippen LogP) is 1.48. The van der Waals surface area contributed by atoms with E-state index in [1.807, 2.05) is 0 Å². The Morgan fingerprint density at radius 2 is 2.36 bits per heavy atom. The summed E-state index contributed by atoms with van der Waals surface area (Å²) >= 11 is 0. The predicted molar refractivity (Wildman–Crippen MR) is 46.8 cm³/mol. The van der Waals surface area contributed by atoms with Crippen LogP contribution in [0.1, 0.15) is 16.1 Å². The van der Waals surface area contributed by atoms with Crippen molar-refractivity contribution in [2.45, 2.75) is 6.92 Å². The number of fused-ring (bicyclic) bond motifs is 1. The van der Waals surface area contributed by atoms with Gasteiger partial charge in [0.2, 0.25) is 0 Å². The van der Waals surface area contributed by atoms with E-state index in [4.69, 9.17) is 5.11 Å². The molecule has 0 radical (unpaired) electrons. The zero-order valence-electron chi connectivity index (χ0n) is 7.36. The van der Waals surface area contributed by atoms with Crippen LogP contribution in [0.2, 0.25) is 0 Å². The van der Waals surface area contributed by atoms with Crippen LogP contribution < -0.4 is 0 Å². The molecule has 0 atom stereocenters. The van der Waals surface area contributed by atoms with Crippen LogP contribution in [0.3, 0.4) is 0 Å². The number of nitrogens with zero attached hydrogens (tertiary/aromatic N) is 2. The number of hydrogen-bond acceptors (Lipinski definition) is 2. The highest BCUT2D eigenvalue weighted by Crippen LogP contribution is 2.13. The third-order valence-corrected chi connectivity index (χ3v) is 1.98. The molecule has 4 nitrogen and oxygen atoms in total. The van der Waals surface area contributed by atoms with E-state index in [1.54, 1.807) is 6.92 Å². The average Bonchev–Trinajstić information content (AvgIpc) is 2.47. The Hall–Kier alpha value is -1.91. The van der Waals surface area contributed by atoms with Gasteiger partial charge in [0.15, 0.2) is 5.69 Å². The summed E-state index contributed by atoms with van der Waals surface area (Å²) in [6.45, 7) is 1.68. The number of halogens is 1. The number of aryl methyl sites for hydroxylation is 1. The minimum absolute atomic E-state index is 0.0393. The van der Waals surface area contributed by atoms with Gasteiger partial charge in [0.25, 0.3) is 0 Å². The lowest BCUT2D eigenvalue weighted by atomic mass is 10.3. The highest BCUT2D eigenvalue weighted by atomic mass is 19.1. The monoisotopic (exact) mass is 194 g/mol. The summed E-state index contributed by atoms with van der Waals surface area (Å²) < 4.78 is 14.2. The van der Waals surface area contributed by atoms with Crippen LogP contribution in [0, 0.1) is 12.7 Å². The molecule has 5 heteroatoms. The molecule has 2 rings (SSSR count). The number of aromatic nitrogens is 2. The maximum absolute atomic E-state index is 13.0. The van der Waals surface area contributed by atoms with Gasteiger partial charge >= 0.3 is 5.97 Å². The van der Waals surface area contributed by atoms with Gasteiger partial charge in [0.05, 0.1) is 6.20 Å². The second kappa shape index (κ2) is 2.80. The fourth-order valence-corrected chi connectivity index (χ4v) is 1.37. The van der Waals surface area contributed by atoms with E-state index in [9.17, 15) is 9.18 Å². The highest BCUT2D eigenvalue weighted by Gasteiger charge is 2.12. The molecule has 0 saturated carbocycles. The first-order valence-corrected chi connectivity index (χ1v) is 3.96. The number of carboxylic acids is 1. The number of carboxylic acid groups (broad SMARTS) is 1. The maximum atomic E-state index is 13.0. The molecule has 0 aliphatic rings. The van der Waals surface area contributed by atoms with Crippen molar-refractivity contribution in [2.24, 2.45) is 0 Å². The Morgan fingerprint density at radius 3 is 3.00 bits per heavy atom. The van der Waals surface area contributed by atoms with E-state index >= 15 is 0 Å². The second-order valence-electron chi connectivity index (χ2n) is 2.98. The minimum atomic E-state index is -1.12. The molecule has 0 fully saturated rings. The lowest BCUT2D eigenvalue weighted by molar-refractivity contribution is 0.0689. The lowest BCUT2D eigenvalue weighted by Gasteiger charge is -1.99. The first kappa shape index (κ1) is 8.68. The Morgan fingerprint density at radius 1 is 1.64 bits per heavy atom. The van der Waals surface area contributed by atoms with E-state index in [0.717, 1.165) is 6.20 Å². The van der Waals surface area contributed by atoms with Gasteiger partial charge < -0.3 is 5.11 Å². The summed E-state index contributed by atoms with van der Waals surface area (Å²) in [5.41, 5.74) is 1.03. The van der Waals surface area contributed by atoms with Crippen LogP contribution in [0.4, 0.5) is 4.39 Å². The van der Waals surface area contributed by atoms with Gasteiger partial charge in [-0.3, -0.25) is 4.40 Å². The zero-order valence-corrected chi connectivity index (χ0v) is 7.36. The minimum Gasteiger partial charge on any atom is -0.477 e. The standard InChI is InChI=1S/C9H7FN2O2/c1-5-2-6(10)4-12-7(9(13)14)3-11-8(5)12/h2-4H,1H3,(H,13,14). The van der Waals surface area contributed by atoms with Crippen LogP contribution in [-0.2, 0) is 0 Å². The van der Waals surface area contributed by atoms with E-state index in [2.05, 4.69) is 4.98 Å². The van der Waals surface area contributed by atoms with E-state index < -0.39 is 11.8 Å². The third kappa shape index (κ3) is 1.14. The highest BCUT2D eigenvalue weighted by molar-refractivity contribution is 5.86. The van der Waals surface area contributed by atoms with E-state index in [-0.39, 0.29) is 5.69 Å². The summed E-state index contributed by atoms with van der Waals surface area (Å²) in [4.78, 5) is 14.6. The molecule has 72 valence electrons. The Bertz CT molecular complexity index is 519. The SMILES string of the molecule is Cc1cc(F)cn2c(C(=O)O)cnc12. The lowest BCUT2D eigenvalue weighted by Crippen LogP contribution is -2.02. The van der Waals surface area contributed by atoms with Crippen molar-refractivity contribution >= 4 is 11.6 Å². The number of carbonyl (C=O) groups is 1. The molecule has 0 unspecified atom stereocenters. The van der Waals surface area contributed by atoms with Gasteiger partial charge in [-0.2, -0.15) is 0 Å². The van der Waals surface area contributed by atoms with Crippen LogP contribution in [0.5, 0.6) is 0 Å². The third-order valence-electron chi connectivity index (χ3n) is 1.98. The normalized spacial score (nSPS) is 10.7. The van der Waals surface area contributed by atoms with Crippen LogP contribution in [-0.4, -0.2) is 20.5 Å². The summed E-state index contributed by atoms with van der Waals surface area (Å²) in [6, 6.07) is 1.31. The van der Waals surface area contributed by atoms with Crippen molar-refractivity contribution in [3.63, 3.8) is 0 Å². The number of pyridine rings is 1. The van der Waals surface area contributed by atoms with Crippen molar-refractivity contribution in [1.82, 2.24) is 9.38 Å². The molecule has 1 N–H and O–H groups in total. The first-order chi connectivity index (χ1) is 6.59.